The highest BCUT2D eigenvalue weighted by Crippen LogP contribution is 2.14. The Bertz CT molecular complexity index is 1490. The second kappa shape index (κ2) is 23.0. The summed E-state index contributed by atoms with van der Waals surface area (Å²) in [6.07, 6.45) is 8.84. The third-order valence-electron chi connectivity index (χ3n) is 6.10. The minimum absolute atomic E-state index is 0.822. The number of benzene rings is 4. The molecule has 0 unspecified atom stereocenters. The average molecular weight is 607 g/mol. The number of rotatable bonds is 0. The van der Waals surface area contributed by atoms with Gasteiger partial charge in [-0.1, -0.05) is 132 Å². The van der Waals surface area contributed by atoms with E-state index in [2.05, 4.69) is 107 Å². The number of fused-ring (bicyclic) bond motifs is 1. The lowest BCUT2D eigenvalue weighted by Gasteiger charge is -1.96. The van der Waals surface area contributed by atoms with Gasteiger partial charge in [-0.05, 0) is 82.1 Å². The highest BCUT2D eigenvalue weighted by Gasteiger charge is 1.89. The molecular formula is C42H46N4. The maximum Gasteiger partial charge on any atom is 0.125 e. The van der Waals surface area contributed by atoms with Crippen LogP contribution in [0.25, 0.3) is 10.8 Å². The number of nitrogens with zero attached hydrogens (tertiary/aromatic N) is 4. The van der Waals surface area contributed by atoms with Gasteiger partial charge in [0.2, 0.25) is 0 Å². The van der Waals surface area contributed by atoms with Crippen molar-refractivity contribution in [3.63, 3.8) is 0 Å². The number of hydrogen-bond acceptors (Lipinski definition) is 4. The first kappa shape index (κ1) is 36.7. The molecule has 3 heterocycles. The molecule has 0 amide bonds. The van der Waals surface area contributed by atoms with Crippen molar-refractivity contribution in [3.8, 4) is 0 Å². The Morgan fingerprint density at radius 3 is 1.24 bits per heavy atom. The Labute approximate surface area is 275 Å². The van der Waals surface area contributed by atoms with Crippen LogP contribution in [-0.2, 0) is 0 Å². The third kappa shape index (κ3) is 18.2. The van der Waals surface area contributed by atoms with Gasteiger partial charge in [-0.2, -0.15) is 0 Å². The summed E-state index contributed by atoms with van der Waals surface area (Å²) in [6, 6.07) is 47.0. The van der Waals surface area contributed by atoms with E-state index >= 15 is 0 Å². The molecule has 0 saturated carbocycles. The van der Waals surface area contributed by atoms with Crippen LogP contribution in [0.3, 0.4) is 0 Å². The molecule has 46 heavy (non-hydrogen) atoms. The molecule has 4 aromatic carbocycles. The minimum Gasteiger partial charge on any atom is -0.264 e. The Hall–Kier alpha value is -5.48. The molecule has 7 rings (SSSR count). The summed E-state index contributed by atoms with van der Waals surface area (Å²) in [4.78, 5) is 15.6. The van der Waals surface area contributed by atoms with E-state index in [4.69, 9.17) is 0 Å². The lowest BCUT2D eigenvalue weighted by Crippen LogP contribution is -1.80. The van der Waals surface area contributed by atoms with E-state index in [9.17, 15) is 0 Å². The molecule has 0 aliphatic rings. The molecule has 0 fully saturated rings. The Morgan fingerprint density at radius 1 is 0.348 bits per heavy atom. The smallest absolute Gasteiger partial charge is 0.125 e. The van der Waals surface area contributed by atoms with E-state index in [1.54, 1.807) is 30.9 Å². The molecule has 0 bridgehead atoms. The molecule has 3 aromatic heterocycles. The summed E-state index contributed by atoms with van der Waals surface area (Å²) in [6.45, 7) is 12.1. The zero-order chi connectivity index (χ0) is 33.2. The molecule has 7 aromatic rings. The van der Waals surface area contributed by atoms with Crippen LogP contribution in [0, 0.1) is 41.5 Å². The molecule has 4 nitrogen and oxygen atoms in total. The maximum absolute atomic E-state index is 3.98. The molecular weight excluding hydrogens is 560 g/mol. The van der Waals surface area contributed by atoms with Crippen molar-refractivity contribution >= 4 is 10.8 Å². The van der Waals surface area contributed by atoms with Crippen molar-refractivity contribution in [2.24, 2.45) is 0 Å². The van der Waals surface area contributed by atoms with E-state index in [-0.39, 0.29) is 0 Å². The SMILES string of the molecule is Cc1ccc2ccccc2c1.Cc1ccccc1.Cc1ccccc1.Cc1ccccn1.Cc1cccnc1.Cc1ncccn1. The summed E-state index contributed by atoms with van der Waals surface area (Å²) >= 11 is 0. The number of pyridine rings is 2. The van der Waals surface area contributed by atoms with Crippen molar-refractivity contribution in [1.29, 1.82) is 0 Å². The van der Waals surface area contributed by atoms with Crippen molar-refractivity contribution in [3.05, 3.63) is 204 Å². The summed E-state index contributed by atoms with van der Waals surface area (Å²) < 4.78 is 0. The fraction of sp³-hybridized carbons (Fsp3) is 0.143. The number of aromatic nitrogens is 4. The normalized spacial score (nSPS) is 9.09. The second-order valence-corrected chi connectivity index (χ2v) is 10.5. The van der Waals surface area contributed by atoms with Gasteiger partial charge < -0.3 is 0 Å². The lowest BCUT2D eigenvalue weighted by molar-refractivity contribution is 1.05. The quantitative estimate of drug-likeness (QED) is 0.172. The molecule has 234 valence electrons. The maximum atomic E-state index is 3.98. The topological polar surface area (TPSA) is 51.6 Å². The van der Waals surface area contributed by atoms with Gasteiger partial charge in [0, 0.05) is 36.7 Å². The largest absolute Gasteiger partial charge is 0.264 e. The molecule has 0 aliphatic heterocycles. The third-order valence-corrected chi connectivity index (χ3v) is 6.10. The fourth-order valence-electron chi connectivity index (χ4n) is 3.65. The van der Waals surface area contributed by atoms with Crippen LogP contribution < -0.4 is 0 Å². The number of hydrogen-bond donors (Lipinski definition) is 0. The highest BCUT2D eigenvalue weighted by atomic mass is 14.8. The number of aryl methyl sites for hydroxylation is 6. The van der Waals surface area contributed by atoms with Gasteiger partial charge in [-0.15, -0.1) is 0 Å². The highest BCUT2D eigenvalue weighted by molar-refractivity contribution is 5.82. The van der Waals surface area contributed by atoms with Gasteiger partial charge in [-0.25, -0.2) is 9.97 Å². The summed E-state index contributed by atoms with van der Waals surface area (Å²) in [5.74, 6) is 0.822. The molecule has 0 N–H and O–H groups in total. The first-order valence-corrected chi connectivity index (χ1v) is 15.3. The van der Waals surface area contributed by atoms with Crippen LogP contribution in [0.15, 0.2) is 171 Å². The average Bonchev–Trinajstić information content (AvgIpc) is 3.08. The zero-order valence-corrected chi connectivity index (χ0v) is 28.0. The van der Waals surface area contributed by atoms with Crippen molar-refractivity contribution in [1.82, 2.24) is 19.9 Å². The summed E-state index contributed by atoms with van der Waals surface area (Å²) in [5, 5.41) is 2.64. The van der Waals surface area contributed by atoms with Gasteiger partial charge in [0.25, 0.3) is 0 Å². The molecule has 4 heteroatoms. The van der Waals surface area contributed by atoms with E-state index in [0.29, 0.717) is 0 Å². The second-order valence-electron chi connectivity index (χ2n) is 10.5. The Kier molecular flexibility index (Phi) is 18.3. The van der Waals surface area contributed by atoms with Crippen LogP contribution in [0.4, 0.5) is 0 Å². The van der Waals surface area contributed by atoms with Crippen LogP contribution in [0.5, 0.6) is 0 Å². The minimum atomic E-state index is 0.822. The van der Waals surface area contributed by atoms with E-state index in [1.807, 2.05) is 93.7 Å². The predicted octanol–water partition coefficient (Wildman–Crippen LogP) is 10.7. The van der Waals surface area contributed by atoms with E-state index in [0.717, 1.165) is 11.5 Å². The molecule has 0 radical (unpaired) electrons. The van der Waals surface area contributed by atoms with Gasteiger partial charge in [-0.3, -0.25) is 9.97 Å². The fourth-order valence-corrected chi connectivity index (χ4v) is 3.65. The monoisotopic (exact) mass is 606 g/mol. The molecule has 0 aliphatic carbocycles. The van der Waals surface area contributed by atoms with Gasteiger partial charge in [0.05, 0.1) is 0 Å². The Morgan fingerprint density at radius 2 is 0.870 bits per heavy atom. The standard InChI is InChI=1S/C11H10.2C7H8.2C6H7N.C5H6N2/c1-9-6-7-10-4-2-3-5-11(10)8-9;2*1-7-5-3-2-4-6-7;1-6-3-2-4-7-5-6;1-6-4-2-3-5-7-6;1-5-6-3-2-4-7-5/h2-8H,1H3;2*2-6H,1H3;2*2-5H,1H3;2-4H,1H3. The van der Waals surface area contributed by atoms with Crippen molar-refractivity contribution in [2.75, 3.05) is 0 Å². The van der Waals surface area contributed by atoms with Crippen LogP contribution >= 0.6 is 0 Å². The van der Waals surface area contributed by atoms with Gasteiger partial charge >= 0.3 is 0 Å². The van der Waals surface area contributed by atoms with E-state index in [1.165, 1.54) is 33.0 Å². The van der Waals surface area contributed by atoms with Gasteiger partial charge in [0.15, 0.2) is 0 Å². The molecule has 0 atom stereocenters. The summed E-state index contributed by atoms with van der Waals surface area (Å²) in [7, 11) is 0. The van der Waals surface area contributed by atoms with Crippen molar-refractivity contribution < 1.29 is 0 Å². The Balaban J connectivity index is 0.000000194. The van der Waals surface area contributed by atoms with Crippen LogP contribution in [0.2, 0.25) is 0 Å². The van der Waals surface area contributed by atoms with E-state index < -0.39 is 0 Å². The van der Waals surface area contributed by atoms with Gasteiger partial charge in [0.1, 0.15) is 5.82 Å². The first-order chi connectivity index (χ1) is 22.3. The first-order valence-electron chi connectivity index (χ1n) is 15.3. The zero-order valence-electron chi connectivity index (χ0n) is 28.0. The lowest BCUT2D eigenvalue weighted by atomic mass is 10.1. The predicted molar refractivity (Wildman–Crippen MR) is 196 cm³/mol. The molecule has 0 spiro atoms. The van der Waals surface area contributed by atoms with Crippen LogP contribution in [-0.4, -0.2) is 19.9 Å². The molecule has 0 saturated heterocycles. The van der Waals surface area contributed by atoms with Crippen molar-refractivity contribution in [2.45, 2.75) is 41.5 Å². The summed E-state index contributed by atoms with van der Waals surface area (Å²) in [5.41, 5.74) is 6.25. The van der Waals surface area contributed by atoms with Crippen LogP contribution in [0.1, 0.15) is 33.8 Å².